The summed E-state index contributed by atoms with van der Waals surface area (Å²) in [6, 6.07) is 3.56. The first-order chi connectivity index (χ1) is 10.3. The van der Waals surface area contributed by atoms with Crippen LogP contribution in [0.4, 0.5) is 5.69 Å². The first kappa shape index (κ1) is 17.7. The minimum Gasteiger partial charge on any atom is -0.480 e. The Morgan fingerprint density at radius 2 is 1.82 bits per heavy atom. The van der Waals surface area contributed by atoms with Crippen LogP contribution in [0.3, 0.4) is 0 Å². The van der Waals surface area contributed by atoms with E-state index in [4.69, 9.17) is 0 Å². The van der Waals surface area contributed by atoms with E-state index in [2.05, 4.69) is 5.32 Å². The number of hydrogen-bond acceptors (Lipinski definition) is 4. The Morgan fingerprint density at radius 3 is 2.27 bits per heavy atom. The van der Waals surface area contributed by atoms with Crippen molar-refractivity contribution in [2.24, 2.45) is 5.92 Å². The van der Waals surface area contributed by atoms with Crippen LogP contribution in [0.1, 0.15) is 54.3 Å². The number of nitrogens with one attached hydrogen (secondary N) is 1. The van der Waals surface area contributed by atoms with E-state index < -0.39 is 18.0 Å². The zero-order chi connectivity index (χ0) is 16.9. The lowest BCUT2D eigenvalue weighted by molar-refractivity contribution is -0.138. The molecule has 1 rings (SSSR count). The number of carboxylic acid groups (broad SMARTS) is 2. The van der Waals surface area contributed by atoms with E-state index in [1.54, 1.807) is 13.0 Å². The van der Waals surface area contributed by atoms with Gasteiger partial charge in [0.05, 0.1) is 11.3 Å². The van der Waals surface area contributed by atoms with Crippen LogP contribution in [0.15, 0.2) is 18.2 Å². The number of rotatable bonds is 8. The van der Waals surface area contributed by atoms with Gasteiger partial charge in [0.25, 0.3) is 0 Å². The molecule has 0 unspecified atom stereocenters. The molecule has 0 saturated carbocycles. The molecular formula is C16H21NO5. The third-order valence-electron chi connectivity index (χ3n) is 3.23. The molecule has 0 bridgehead atoms. The van der Waals surface area contributed by atoms with E-state index in [1.165, 1.54) is 12.1 Å². The lowest BCUT2D eigenvalue weighted by atomic mass is 9.98. The second kappa shape index (κ2) is 7.59. The lowest BCUT2D eigenvalue weighted by Gasteiger charge is -2.20. The van der Waals surface area contributed by atoms with Gasteiger partial charge in [-0.15, -0.1) is 0 Å². The second-order valence-corrected chi connectivity index (χ2v) is 5.47. The Bertz CT molecular complexity index is 580. The number of hydrogen-bond donors (Lipinski definition) is 3. The zero-order valence-electron chi connectivity index (χ0n) is 12.9. The number of carbonyl (C=O) groups is 3. The summed E-state index contributed by atoms with van der Waals surface area (Å²) >= 11 is 0. The van der Waals surface area contributed by atoms with Crippen LogP contribution in [-0.4, -0.2) is 34.0 Å². The number of carboxylic acids is 2. The monoisotopic (exact) mass is 307 g/mol. The van der Waals surface area contributed by atoms with Gasteiger partial charge in [0, 0.05) is 12.0 Å². The average Bonchev–Trinajstić information content (AvgIpc) is 2.44. The molecule has 22 heavy (non-hydrogen) atoms. The summed E-state index contributed by atoms with van der Waals surface area (Å²) in [6.07, 6.45) is 0.526. The Kier molecular flexibility index (Phi) is 6.10. The van der Waals surface area contributed by atoms with Crippen LogP contribution >= 0.6 is 0 Å². The molecule has 0 aliphatic rings. The van der Waals surface area contributed by atoms with Gasteiger partial charge < -0.3 is 15.5 Å². The number of aliphatic carboxylic acids is 1. The quantitative estimate of drug-likeness (QED) is 0.638. The van der Waals surface area contributed by atoms with Crippen molar-refractivity contribution >= 4 is 23.4 Å². The Morgan fingerprint density at radius 1 is 1.18 bits per heavy atom. The summed E-state index contributed by atoms with van der Waals surface area (Å²) in [5, 5.41) is 21.4. The van der Waals surface area contributed by atoms with Gasteiger partial charge in [-0.1, -0.05) is 32.9 Å². The van der Waals surface area contributed by atoms with Gasteiger partial charge in [0.1, 0.15) is 6.04 Å². The molecule has 0 radical (unpaired) electrons. The molecule has 3 N–H and O–H groups in total. The van der Waals surface area contributed by atoms with E-state index >= 15 is 0 Å². The highest BCUT2D eigenvalue weighted by molar-refractivity contribution is 6.09. The van der Waals surface area contributed by atoms with Gasteiger partial charge in [-0.3, -0.25) is 4.79 Å². The van der Waals surface area contributed by atoms with Gasteiger partial charge in [-0.2, -0.15) is 0 Å². The summed E-state index contributed by atoms with van der Waals surface area (Å²) in [5.74, 6) is -2.48. The maximum atomic E-state index is 11.9. The number of benzene rings is 1. The molecule has 1 aromatic carbocycles. The lowest BCUT2D eigenvalue weighted by Crippen LogP contribution is -2.31. The van der Waals surface area contributed by atoms with Gasteiger partial charge in [0.15, 0.2) is 5.78 Å². The van der Waals surface area contributed by atoms with Crippen molar-refractivity contribution in [1.29, 1.82) is 0 Å². The summed E-state index contributed by atoms with van der Waals surface area (Å²) < 4.78 is 0. The number of anilines is 1. The minimum atomic E-state index is -1.26. The highest BCUT2D eigenvalue weighted by Gasteiger charge is 2.24. The van der Waals surface area contributed by atoms with Crippen LogP contribution in [-0.2, 0) is 4.79 Å². The average molecular weight is 307 g/mol. The summed E-state index contributed by atoms with van der Waals surface area (Å²) in [4.78, 5) is 34.7. The van der Waals surface area contributed by atoms with E-state index in [1.807, 2.05) is 13.8 Å². The highest BCUT2D eigenvalue weighted by atomic mass is 16.4. The number of carbonyl (C=O) groups excluding carboxylic acids is 1. The molecule has 0 heterocycles. The molecule has 0 fully saturated rings. The maximum absolute atomic E-state index is 11.9. The third kappa shape index (κ3) is 4.31. The Hall–Kier alpha value is -2.37. The number of ketones is 1. The molecule has 0 aliphatic heterocycles. The van der Waals surface area contributed by atoms with Crippen LogP contribution in [0.25, 0.3) is 0 Å². The molecule has 6 heteroatoms. The fourth-order valence-electron chi connectivity index (χ4n) is 2.21. The largest absolute Gasteiger partial charge is 0.480 e. The van der Waals surface area contributed by atoms with Crippen molar-refractivity contribution < 1.29 is 24.6 Å². The first-order valence-corrected chi connectivity index (χ1v) is 7.16. The fraction of sp³-hybridized carbons (Fsp3) is 0.438. The maximum Gasteiger partial charge on any atom is 0.338 e. The number of Topliss-reactive ketones (excluding diaryl/α,β-unsaturated/α-hetero) is 1. The van der Waals surface area contributed by atoms with Crippen molar-refractivity contribution in [1.82, 2.24) is 0 Å². The molecule has 0 spiro atoms. The van der Waals surface area contributed by atoms with Gasteiger partial charge in [-0.05, 0) is 18.4 Å². The van der Waals surface area contributed by atoms with E-state index in [0.717, 1.165) is 0 Å². The van der Waals surface area contributed by atoms with Crippen molar-refractivity contribution in [2.45, 2.75) is 39.7 Å². The smallest absolute Gasteiger partial charge is 0.338 e. The zero-order valence-corrected chi connectivity index (χ0v) is 12.9. The molecule has 1 atom stereocenters. The predicted molar refractivity (Wildman–Crippen MR) is 82.5 cm³/mol. The molecule has 1 aromatic rings. The second-order valence-electron chi connectivity index (χ2n) is 5.47. The van der Waals surface area contributed by atoms with E-state index in [-0.39, 0.29) is 34.9 Å². The van der Waals surface area contributed by atoms with E-state index in [9.17, 15) is 24.6 Å². The molecule has 0 saturated heterocycles. The first-order valence-electron chi connectivity index (χ1n) is 7.16. The van der Waals surface area contributed by atoms with Gasteiger partial charge in [0.2, 0.25) is 0 Å². The summed E-state index contributed by atoms with van der Waals surface area (Å²) in [6.45, 7) is 5.41. The molecule has 0 aromatic heterocycles. The molecule has 120 valence electrons. The Labute approximate surface area is 129 Å². The highest BCUT2D eigenvalue weighted by Crippen LogP contribution is 2.23. The molecule has 0 amide bonds. The normalized spacial score (nSPS) is 12.0. The minimum absolute atomic E-state index is 0.0914. The van der Waals surface area contributed by atoms with E-state index in [0.29, 0.717) is 6.42 Å². The van der Waals surface area contributed by atoms with Gasteiger partial charge >= 0.3 is 11.9 Å². The summed E-state index contributed by atoms with van der Waals surface area (Å²) in [5.41, 5.74) is 0.0675. The van der Waals surface area contributed by atoms with Crippen LogP contribution in [0, 0.1) is 5.92 Å². The Balaban J connectivity index is 3.26. The van der Waals surface area contributed by atoms with Gasteiger partial charge in [-0.25, -0.2) is 9.59 Å². The third-order valence-corrected chi connectivity index (χ3v) is 3.23. The molecule has 6 nitrogen and oxygen atoms in total. The van der Waals surface area contributed by atoms with Crippen molar-refractivity contribution in [2.75, 3.05) is 5.32 Å². The fourth-order valence-corrected chi connectivity index (χ4v) is 2.21. The standard InChI is InChI=1S/C16H21NO5/c1-4-13(18)10-6-5-7-11(14(10)16(21)22)17-12(15(19)20)8-9(2)3/h5-7,9,12,17H,4,8H2,1-3H3,(H,19,20)(H,21,22)/t12-/m0/s1. The van der Waals surface area contributed by atoms with Crippen LogP contribution < -0.4 is 5.32 Å². The summed E-state index contributed by atoms with van der Waals surface area (Å²) in [7, 11) is 0. The molecule has 0 aliphatic carbocycles. The number of aromatic carboxylic acids is 1. The topological polar surface area (TPSA) is 104 Å². The van der Waals surface area contributed by atoms with Crippen LogP contribution in [0.2, 0.25) is 0 Å². The van der Waals surface area contributed by atoms with Crippen molar-refractivity contribution in [3.8, 4) is 0 Å². The van der Waals surface area contributed by atoms with Crippen molar-refractivity contribution in [3.05, 3.63) is 29.3 Å². The SMILES string of the molecule is CCC(=O)c1cccc(N[C@@H](CC(C)C)C(=O)O)c1C(=O)O. The van der Waals surface area contributed by atoms with Crippen LogP contribution in [0.5, 0.6) is 0 Å². The van der Waals surface area contributed by atoms with Crippen molar-refractivity contribution in [3.63, 3.8) is 0 Å². The molecular weight excluding hydrogens is 286 g/mol. The predicted octanol–water partition coefficient (Wildman–Crippen LogP) is 2.89.